The molecule has 0 unspecified atom stereocenters. The van der Waals surface area contributed by atoms with E-state index in [-0.39, 0.29) is 17.4 Å². The summed E-state index contributed by atoms with van der Waals surface area (Å²) >= 11 is 6.69. The number of rotatable bonds is 8. The summed E-state index contributed by atoms with van der Waals surface area (Å²) in [5.41, 5.74) is 3.27. The van der Waals surface area contributed by atoms with Crippen LogP contribution in [0.1, 0.15) is 31.7 Å². The Morgan fingerprint density at radius 1 is 1.16 bits per heavy atom. The highest BCUT2D eigenvalue weighted by Gasteiger charge is 2.42. The van der Waals surface area contributed by atoms with Gasteiger partial charge in [-0.15, -0.1) is 0 Å². The third-order valence-corrected chi connectivity index (χ3v) is 9.42. The molecule has 0 N–H and O–H groups in total. The van der Waals surface area contributed by atoms with Crippen LogP contribution in [0.5, 0.6) is 5.75 Å². The molecule has 3 aromatic rings. The van der Waals surface area contributed by atoms with E-state index in [9.17, 15) is 13.2 Å². The molecule has 0 spiro atoms. The van der Waals surface area contributed by atoms with Gasteiger partial charge in [-0.1, -0.05) is 55.5 Å². The van der Waals surface area contributed by atoms with Crippen molar-refractivity contribution in [3.05, 3.63) is 71.3 Å². The van der Waals surface area contributed by atoms with Crippen molar-refractivity contribution in [1.29, 1.82) is 0 Å². The second-order valence-corrected chi connectivity index (χ2v) is 13.0. The van der Waals surface area contributed by atoms with Gasteiger partial charge >= 0.3 is 0 Å². The van der Waals surface area contributed by atoms with Crippen molar-refractivity contribution in [2.75, 3.05) is 18.1 Å². The fourth-order valence-electron chi connectivity index (χ4n) is 4.39. The van der Waals surface area contributed by atoms with Gasteiger partial charge in [0.2, 0.25) is 0 Å². The second-order valence-electron chi connectivity index (χ2n) is 9.05. The van der Waals surface area contributed by atoms with E-state index in [1.54, 1.807) is 10.8 Å². The molecule has 0 aliphatic carbocycles. The van der Waals surface area contributed by atoms with Gasteiger partial charge < -0.3 is 4.74 Å². The molecular formula is C27H27N3O4S3. The summed E-state index contributed by atoms with van der Waals surface area (Å²) in [5.74, 6) is 0.583. The van der Waals surface area contributed by atoms with E-state index in [1.165, 1.54) is 16.7 Å². The van der Waals surface area contributed by atoms with Gasteiger partial charge in [0.15, 0.2) is 9.84 Å². The SMILES string of the molecule is CCCCOc1ccc(-c2nn(-c3ccccc3)cc2/C=C2\SC(=S)N([C@H]3CCS(=O)(=O)C3)C2=O)cc1. The molecule has 192 valence electrons. The van der Waals surface area contributed by atoms with E-state index < -0.39 is 15.9 Å². The largest absolute Gasteiger partial charge is 0.494 e. The molecule has 2 fully saturated rings. The molecule has 1 aromatic heterocycles. The number of nitrogens with zero attached hydrogens (tertiary/aromatic N) is 3. The molecule has 2 aliphatic heterocycles. The molecule has 3 heterocycles. The smallest absolute Gasteiger partial charge is 0.266 e. The van der Waals surface area contributed by atoms with E-state index in [2.05, 4.69) is 6.92 Å². The number of ether oxygens (including phenoxy) is 1. The van der Waals surface area contributed by atoms with E-state index in [4.69, 9.17) is 22.1 Å². The van der Waals surface area contributed by atoms with Crippen LogP contribution in [-0.4, -0.2) is 57.5 Å². The summed E-state index contributed by atoms with van der Waals surface area (Å²) in [4.78, 5) is 15.3. The molecule has 5 rings (SSSR count). The molecular weight excluding hydrogens is 527 g/mol. The fraction of sp³-hybridized carbons (Fsp3) is 0.296. The number of thiocarbonyl (C=S) groups is 1. The lowest BCUT2D eigenvalue weighted by Gasteiger charge is -2.20. The Bertz CT molecular complexity index is 1450. The number of thioether (sulfide) groups is 1. The van der Waals surface area contributed by atoms with Crippen molar-refractivity contribution in [3.63, 3.8) is 0 Å². The highest BCUT2D eigenvalue weighted by Crippen LogP contribution is 2.38. The average molecular weight is 554 g/mol. The fourth-order valence-corrected chi connectivity index (χ4v) is 7.48. The van der Waals surface area contributed by atoms with Crippen LogP contribution in [0.4, 0.5) is 0 Å². The molecule has 0 radical (unpaired) electrons. The van der Waals surface area contributed by atoms with Crippen LogP contribution in [-0.2, 0) is 14.6 Å². The monoisotopic (exact) mass is 553 g/mol. The van der Waals surface area contributed by atoms with Crippen LogP contribution >= 0.6 is 24.0 Å². The third kappa shape index (κ3) is 5.66. The van der Waals surface area contributed by atoms with E-state index >= 15 is 0 Å². The number of carbonyl (C=O) groups excluding carboxylic acids is 1. The van der Waals surface area contributed by atoms with Crippen molar-refractivity contribution >= 4 is 50.1 Å². The summed E-state index contributed by atoms with van der Waals surface area (Å²) in [7, 11) is -3.14. The molecule has 0 bridgehead atoms. The van der Waals surface area contributed by atoms with E-state index in [1.807, 2.05) is 60.8 Å². The van der Waals surface area contributed by atoms with Crippen molar-refractivity contribution in [3.8, 4) is 22.7 Å². The van der Waals surface area contributed by atoms with Crippen LogP contribution in [0.15, 0.2) is 65.7 Å². The molecule has 2 aromatic carbocycles. The Morgan fingerprint density at radius 2 is 1.92 bits per heavy atom. The maximum absolute atomic E-state index is 13.3. The summed E-state index contributed by atoms with van der Waals surface area (Å²) in [6.07, 6.45) is 6.17. The van der Waals surface area contributed by atoms with Crippen LogP contribution in [0.3, 0.4) is 0 Å². The minimum atomic E-state index is -3.14. The lowest BCUT2D eigenvalue weighted by molar-refractivity contribution is -0.123. The Balaban J connectivity index is 1.48. The maximum Gasteiger partial charge on any atom is 0.266 e. The quantitative estimate of drug-likeness (QED) is 0.218. The molecule has 7 nitrogen and oxygen atoms in total. The minimum Gasteiger partial charge on any atom is -0.494 e. The van der Waals surface area contributed by atoms with Crippen molar-refractivity contribution in [2.45, 2.75) is 32.2 Å². The second kappa shape index (κ2) is 10.8. The number of aromatic nitrogens is 2. The molecule has 1 amide bonds. The lowest BCUT2D eigenvalue weighted by Crippen LogP contribution is -2.39. The van der Waals surface area contributed by atoms with Crippen LogP contribution < -0.4 is 4.74 Å². The van der Waals surface area contributed by atoms with Gasteiger partial charge in [0.1, 0.15) is 10.1 Å². The standard InChI is InChI=1S/C27H27N3O4S3/c1-2-3-14-34-23-11-9-19(10-12-23)25-20(17-29(28-25)21-7-5-4-6-8-21)16-24-26(31)30(27(35)36-24)22-13-15-37(32,33)18-22/h4-12,16-17,22H,2-3,13-15,18H2,1H3/b24-16-/t22-/m0/s1. The summed E-state index contributed by atoms with van der Waals surface area (Å²) in [6.45, 7) is 2.80. The Hall–Kier alpha value is -2.95. The molecule has 37 heavy (non-hydrogen) atoms. The van der Waals surface area contributed by atoms with Crippen LogP contribution in [0, 0.1) is 0 Å². The van der Waals surface area contributed by atoms with Gasteiger partial charge in [0.25, 0.3) is 5.91 Å². The van der Waals surface area contributed by atoms with E-state index in [0.717, 1.165) is 41.1 Å². The Labute approximate surface area is 226 Å². The topological polar surface area (TPSA) is 81.5 Å². The Kier molecular flexibility index (Phi) is 7.50. The van der Waals surface area contributed by atoms with Gasteiger partial charge in [0, 0.05) is 17.3 Å². The number of para-hydroxylation sites is 1. The highest BCUT2D eigenvalue weighted by molar-refractivity contribution is 8.26. The zero-order chi connectivity index (χ0) is 26.0. The average Bonchev–Trinajstić information content (AvgIpc) is 3.55. The number of hydrogen-bond acceptors (Lipinski definition) is 7. The minimum absolute atomic E-state index is 0.0451. The molecule has 0 saturated carbocycles. The number of unbranched alkanes of at least 4 members (excludes halogenated alkanes) is 1. The predicted molar refractivity (Wildman–Crippen MR) is 151 cm³/mol. The van der Waals surface area contributed by atoms with Crippen LogP contribution in [0.25, 0.3) is 23.0 Å². The molecule has 10 heteroatoms. The van der Waals surface area contributed by atoms with Gasteiger partial charge in [0.05, 0.1) is 40.4 Å². The highest BCUT2D eigenvalue weighted by atomic mass is 32.2. The van der Waals surface area contributed by atoms with Crippen molar-refractivity contribution < 1.29 is 17.9 Å². The van der Waals surface area contributed by atoms with Crippen molar-refractivity contribution in [1.82, 2.24) is 14.7 Å². The Morgan fingerprint density at radius 3 is 2.59 bits per heavy atom. The number of benzene rings is 2. The first kappa shape index (κ1) is 25.7. The summed E-state index contributed by atoms with van der Waals surface area (Å²) < 4.78 is 32.0. The number of hydrogen-bond donors (Lipinski definition) is 0. The predicted octanol–water partition coefficient (Wildman–Crippen LogP) is 5.11. The number of amides is 1. The summed E-state index contributed by atoms with van der Waals surface area (Å²) in [6, 6.07) is 17.1. The van der Waals surface area contributed by atoms with Crippen molar-refractivity contribution in [2.24, 2.45) is 0 Å². The first-order chi connectivity index (χ1) is 17.8. The van der Waals surface area contributed by atoms with Crippen LogP contribution in [0.2, 0.25) is 0 Å². The first-order valence-corrected chi connectivity index (χ1v) is 15.2. The van der Waals surface area contributed by atoms with Gasteiger partial charge in [-0.3, -0.25) is 9.69 Å². The van der Waals surface area contributed by atoms with E-state index in [0.29, 0.717) is 22.3 Å². The van der Waals surface area contributed by atoms with Gasteiger partial charge in [-0.05, 0) is 55.3 Å². The first-order valence-electron chi connectivity index (χ1n) is 12.2. The van der Waals surface area contributed by atoms with Gasteiger partial charge in [-0.25, -0.2) is 13.1 Å². The number of sulfone groups is 1. The zero-order valence-electron chi connectivity index (χ0n) is 20.4. The molecule has 1 atom stereocenters. The molecule has 2 saturated heterocycles. The van der Waals surface area contributed by atoms with Gasteiger partial charge in [-0.2, -0.15) is 5.10 Å². The lowest BCUT2D eigenvalue weighted by atomic mass is 10.1. The summed E-state index contributed by atoms with van der Waals surface area (Å²) in [5, 5.41) is 4.84. The maximum atomic E-state index is 13.3. The number of carbonyl (C=O) groups is 1. The third-order valence-electron chi connectivity index (χ3n) is 6.34. The molecule has 2 aliphatic rings. The normalized spacial score (nSPS) is 20.2. The zero-order valence-corrected chi connectivity index (χ0v) is 22.8.